The fourth-order valence-corrected chi connectivity index (χ4v) is 1.24. The first-order chi connectivity index (χ1) is 8.00. The Labute approximate surface area is 93.7 Å². The van der Waals surface area contributed by atoms with Crippen LogP contribution in [0.1, 0.15) is 11.4 Å². The molecule has 0 unspecified atom stereocenters. The molecule has 17 heavy (non-hydrogen) atoms. The second-order valence-electron chi connectivity index (χ2n) is 3.25. The Bertz CT molecular complexity index is 505. The predicted molar refractivity (Wildman–Crippen MR) is 50.7 cm³/mol. The maximum absolute atomic E-state index is 12.3. The van der Waals surface area contributed by atoms with Crippen molar-refractivity contribution in [2.24, 2.45) is 0 Å². The Balaban J connectivity index is 2.29. The average molecular weight is 244 g/mol. The van der Waals surface area contributed by atoms with Crippen LogP contribution in [0.25, 0.3) is 11.5 Å². The van der Waals surface area contributed by atoms with Crippen LogP contribution in [0.15, 0.2) is 28.8 Å². The zero-order valence-electron chi connectivity index (χ0n) is 8.40. The molecule has 2 aromatic rings. The minimum Gasteiger partial charge on any atom is -0.388 e. The van der Waals surface area contributed by atoms with E-state index in [-0.39, 0.29) is 18.3 Å². The minimum absolute atomic E-state index is 0.0720. The Kier molecular flexibility index (Phi) is 2.84. The van der Waals surface area contributed by atoms with Crippen LogP contribution in [0.5, 0.6) is 0 Å². The van der Waals surface area contributed by atoms with Crippen molar-refractivity contribution in [3.63, 3.8) is 0 Å². The van der Waals surface area contributed by atoms with Crippen LogP contribution in [0.3, 0.4) is 0 Å². The molecule has 4 nitrogen and oxygen atoms in total. The van der Waals surface area contributed by atoms with Crippen molar-refractivity contribution >= 4 is 0 Å². The zero-order valence-corrected chi connectivity index (χ0v) is 8.40. The van der Waals surface area contributed by atoms with Gasteiger partial charge >= 0.3 is 6.18 Å². The number of nitrogens with zero attached hydrogens (tertiary/aromatic N) is 2. The highest BCUT2D eigenvalue weighted by atomic mass is 19.4. The van der Waals surface area contributed by atoms with Crippen molar-refractivity contribution < 1.29 is 22.8 Å². The third-order valence-corrected chi connectivity index (χ3v) is 2.07. The number of halogens is 3. The van der Waals surface area contributed by atoms with E-state index < -0.39 is 11.7 Å². The van der Waals surface area contributed by atoms with Crippen molar-refractivity contribution in [1.82, 2.24) is 10.1 Å². The largest absolute Gasteiger partial charge is 0.416 e. The van der Waals surface area contributed by atoms with Crippen molar-refractivity contribution in [3.05, 3.63) is 35.7 Å². The lowest BCUT2D eigenvalue weighted by atomic mass is 10.1. The van der Waals surface area contributed by atoms with Crippen LogP contribution in [-0.2, 0) is 12.8 Å². The molecular formula is C10H7F3N2O2. The number of hydrogen-bond donors (Lipinski definition) is 1. The van der Waals surface area contributed by atoms with Gasteiger partial charge in [-0.05, 0) is 24.3 Å². The molecule has 0 saturated carbocycles. The smallest absolute Gasteiger partial charge is 0.388 e. The Morgan fingerprint density at radius 2 is 1.82 bits per heavy atom. The zero-order chi connectivity index (χ0) is 12.5. The number of aliphatic hydroxyl groups excluding tert-OH is 1. The number of benzene rings is 1. The molecule has 0 fully saturated rings. The molecule has 1 aromatic carbocycles. The van der Waals surface area contributed by atoms with Gasteiger partial charge in [0.15, 0.2) is 5.82 Å². The topological polar surface area (TPSA) is 59.2 Å². The van der Waals surface area contributed by atoms with Crippen molar-refractivity contribution in [1.29, 1.82) is 0 Å². The third-order valence-electron chi connectivity index (χ3n) is 2.07. The molecule has 0 atom stereocenters. The summed E-state index contributed by atoms with van der Waals surface area (Å²) in [5.74, 6) is 0.155. The lowest BCUT2D eigenvalue weighted by Crippen LogP contribution is -2.03. The van der Waals surface area contributed by atoms with Gasteiger partial charge in [-0.25, -0.2) is 0 Å². The van der Waals surface area contributed by atoms with Gasteiger partial charge in [-0.2, -0.15) is 18.2 Å². The van der Waals surface area contributed by atoms with Crippen LogP contribution in [0, 0.1) is 0 Å². The molecule has 0 aliphatic rings. The summed E-state index contributed by atoms with van der Waals surface area (Å²) in [6.45, 7) is -0.385. The number of hydrogen-bond acceptors (Lipinski definition) is 4. The molecule has 0 aliphatic heterocycles. The Hall–Kier alpha value is -1.89. The Morgan fingerprint density at radius 1 is 1.18 bits per heavy atom. The fraction of sp³-hybridized carbons (Fsp3) is 0.200. The summed E-state index contributed by atoms with van der Waals surface area (Å²) in [6.07, 6.45) is -4.37. The first-order valence-electron chi connectivity index (χ1n) is 4.62. The highest BCUT2D eigenvalue weighted by Gasteiger charge is 2.30. The van der Waals surface area contributed by atoms with Gasteiger partial charge in [0.1, 0.15) is 6.61 Å². The maximum Gasteiger partial charge on any atom is 0.416 e. The Morgan fingerprint density at radius 3 is 2.29 bits per heavy atom. The molecule has 0 amide bonds. The van der Waals surface area contributed by atoms with E-state index in [4.69, 9.17) is 9.63 Å². The van der Waals surface area contributed by atoms with E-state index in [0.29, 0.717) is 5.56 Å². The van der Waals surface area contributed by atoms with Crippen LogP contribution in [0.4, 0.5) is 13.2 Å². The first kappa shape index (κ1) is 11.6. The van der Waals surface area contributed by atoms with E-state index in [0.717, 1.165) is 12.1 Å². The highest BCUT2D eigenvalue weighted by Crippen LogP contribution is 2.30. The fourth-order valence-electron chi connectivity index (χ4n) is 1.24. The summed E-state index contributed by atoms with van der Waals surface area (Å²) in [5.41, 5.74) is -0.381. The predicted octanol–water partition coefficient (Wildman–Crippen LogP) is 2.25. The quantitative estimate of drug-likeness (QED) is 0.880. The molecule has 0 bridgehead atoms. The van der Waals surface area contributed by atoms with Gasteiger partial charge in [-0.15, -0.1) is 0 Å². The van der Waals surface area contributed by atoms with Crippen LogP contribution < -0.4 is 0 Å². The second kappa shape index (κ2) is 4.17. The number of alkyl halides is 3. The highest BCUT2D eigenvalue weighted by molar-refractivity contribution is 5.53. The van der Waals surface area contributed by atoms with E-state index in [1.165, 1.54) is 12.1 Å². The molecule has 7 heteroatoms. The summed E-state index contributed by atoms with van der Waals surface area (Å²) in [6, 6.07) is 4.32. The number of aliphatic hydroxyl groups is 1. The molecule has 0 radical (unpaired) electrons. The number of aromatic nitrogens is 2. The molecule has 1 heterocycles. The van der Waals surface area contributed by atoms with E-state index in [1.54, 1.807) is 0 Å². The SMILES string of the molecule is OCc1noc(-c2ccc(C(F)(F)F)cc2)n1. The molecule has 1 aromatic heterocycles. The van der Waals surface area contributed by atoms with Crippen LogP contribution >= 0.6 is 0 Å². The molecule has 90 valence electrons. The average Bonchev–Trinajstić information content (AvgIpc) is 2.76. The van der Waals surface area contributed by atoms with Crippen LogP contribution in [0.2, 0.25) is 0 Å². The van der Waals surface area contributed by atoms with E-state index in [2.05, 4.69) is 10.1 Å². The van der Waals surface area contributed by atoms with Crippen LogP contribution in [-0.4, -0.2) is 15.2 Å². The molecule has 0 saturated heterocycles. The van der Waals surface area contributed by atoms with Gasteiger partial charge in [0, 0.05) is 5.56 Å². The van der Waals surface area contributed by atoms with Gasteiger partial charge in [-0.1, -0.05) is 5.16 Å². The summed E-state index contributed by atoms with van der Waals surface area (Å²) in [4.78, 5) is 3.78. The lowest BCUT2D eigenvalue weighted by Gasteiger charge is -2.05. The monoisotopic (exact) mass is 244 g/mol. The summed E-state index contributed by atoms with van der Waals surface area (Å²) >= 11 is 0. The van der Waals surface area contributed by atoms with Gasteiger partial charge in [0.05, 0.1) is 5.56 Å². The lowest BCUT2D eigenvalue weighted by molar-refractivity contribution is -0.137. The van der Waals surface area contributed by atoms with E-state index in [9.17, 15) is 13.2 Å². The van der Waals surface area contributed by atoms with Gasteiger partial charge in [-0.3, -0.25) is 0 Å². The number of rotatable bonds is 2. The van der Waals surface area contributed by atoms with Gasteiger partial charge in [0.25, 0.3) is 5.89 Å². The first-order valence-corrected chi connectivity index (χ1v) is 4.62. The summed E-state index contributed by atoms with van der Waals surface area (Å²) in [5, 5.41) is 12.1. The third kappa shape index (κ3) is 2.44. The summed E-state index contributed by atoms with van der Waals surface area (Å²) < 4.78 is 41.7. The minimum atomic E-state index is -4.37. The van der Waals surface area contributed by atoms with Crippen molar-refractivity contribution in [2.45, 2.75) is 12.8 Å². The molecule has 0 aliphatic carbocycles. The summed E-state index contributed by atoms with van der Waals surface area (Å²) in [7, 11) is 0. The molecule has 0 spiro atoms. The molecule has 2 rings (SSSR count). The second-order valence-corrected chi connectivity index (χ2v) is 3.25. The molecular weight excluding hydrogens is 237 g/mol. The maximum atomic E-state index is 12.3. The van der Waals surface area contributed by atoms with E-state index >= 15 is 0 Å². The normalized spacial score (nSPS) is 11.8. The van der Waals surface area contributed by atoms with Crippen molar-refractivity contribution in [3.8, 4) is 11.5 Å². The standard InChI is InChI=1S/C10H7F3N2O2/c11-10(12,13)7-3-1-6(2-4-7)9-14-8(5-16)15-17-9/h1-4,16H,5H2. The van der Waals surface area contributed by atoms with Gasteiger partial charge < -0.3 is 9.63 Å². The van der Waals surface area contributed by atoms with E-state index in [1.807, 2.05) is 0 Å². The van der Waals surface area contributed by atoms with Gasteiger partial charge in [0.2, 0.25) is 0 Å². The van der Waals surface area contributed by atoms with Crippen molar-refractivity contribution in [2.75, 3.05) is 0 Å². The molecule has 1 N–H and O–H groups in total.